The van der Waals surface area contributed by atoms with Crippen molar-refractivity contribution in [3.05, 3.63) is 35.9 Å². The van der Waals surface area contributed by atoms with Crippen LogP contribution >= 0.6 is 11.8 Å². The van der Waals surface area contributed by atoms with E-state index < -0.39 is 0 Å². The van der Waals surface area contributed by atoms with E-state index in [-0.39, 0.29) is 0 Å². The first-order valence-corrected chi connectivity index (χ1v) is 5.70. The number of thioether (sulfide) groups is 1. The van der Waals surface area contributed by atoms with Gasteiger partial charge in [0.1, 0.15) is 12.4 Å². The van der Waals surface area contributed by atoms with Crippen molar-refractivity contribution in [3.63, 3.8) is 0 Å². The Morgan fingerprint density at radius 1 is 1.50 bits per heavy atom. The Morgan fingerprint density at radius 2 is 2.36 bits per heavy atom. The number of rotatable bonds is 1. The van der Waals surface area contributed by atoms with Crippen LogP contribution in [0.4, 0.5) is 0 Å². The van der Waals surface area contributed by atoms with Crippen molar-refractivity contribution >= 4 is 11.8 Å². The van der Waals surface area contributed by atoms with Gasteiger partial charge in [0.2, 0.25) is 0 Å². The fraction of sp³-hybridized carbons (Fsp3) is 0.333. The molecular formula is C12H14OS. The first-order valence-electron chi connectivity index (χ1n) is 4.82. The molecule has 1 unspecified atom stereocenters. The summed E-state index contributed by atoms with van der Waals surface area (Å²) in [6, 6.07) is 6.38. The molecule has 1 aliphatic rings. The Kier molecular flexibility index (Phi) is 2.82. The van der Waals surface area contributed by atoms with Crippen LogP contribution < -0.4 is 4.74 Å². The summed E-state index contributed by atoms with van der Waals surface area (Å²) in [6.07, 6.45) is 4.27. The second kappa shape index (κ2) is 4.09. The number of fused-ring (bicyclic) bond motifs is 1. The highest BCUT2D eigenvalue weighted by atomic mass is 32.2. The van der Waals surface area contributed by atoms with Crippen molar-refractivity contribution in [2.24, 2.45) is 0 Å². The minimum absolute atomic E-state index is 0.468. The SMILES string of the molecule is C/C=C/C1COc2cc(C)ccc2S1. The lowest BCUT2D eigenvalue weighted by atomic mass is 10.2. The number of aryl methyl sites for hydroxylation is 1. The zero-order valence-corrected chi connectivity index (χ0v) is 9.30. The normalized spacial score (nSPS) is 20.6. The van der Waals surface area contributed by atoms with Crippen LogP contribution in [-0.2, 0) is 0 Å². The smallest absolute Gasteiger partial charge is 0.133 e. The monoisotopic (exact) mass is 206 g/mol. The van der Waals surface area contributed by atoms with E-state index >= 15 is 0 Å². The molecule has 1 aromatic carbocycles. The molecule has 0 radical (unpaired) electrons. The van der Waals surface area contributed by atoms with Gasteiger partial charge in [0.05, 0.1) is 10.1 Å². The number of hydrogen-bond donors (Lipinski definition) is 0. The Balaban J connectivity index is 2.23. The van der Waals surface area contributed by atoms with Gasteiger partial charge in [-0.05, 0) is 31.5 Å². The van der Waals surface area contributed by atoms with E-state index in [1.807, 2.05) is 18.7 Å². The molecule has 0 saturated heterocycles. The lowest BCUT2D eigenvalue weighted by Gasteiger charge is -2.22. The molecule has 0 saturated carbocycles. The molecule has 1 atom stereocenters. The topological polar surface area (TPSA) is 9.23 Å². The molecule has 0 fully saturated rings. The van der Waals surface area contributed by atoms with Gasteiger partial charge in [-0.15, -0.1) is 11.8 Å². The second-order valence-corrected chi connectivity index (χ2v) is 4.72. The van der Waals surface area contributed by atoms with Gasteiger partial charge in [-0.3, -0.25) is 0 Å². The fourth-order valence-corrected chi connectivity index (χ4v) is 2.58. The van der Waals surface area contributed by atoms with Gasteiger partial charge < -0.3 is 4.74 Å². The molecule has 0 aliphatic carbocycles. The van der Waals surface area contributed by atoms with Crippen LogP contribution in [0.15, 0.2) is 35.2 Å². The minimum atomic E-state index is 0.468. The third-order valence-electron chi connectivity index (χ3n) is 2.19. The maximum atomic E-state index is 5.70. The molecular weight excluding hydrogens is 192 g/mol. The zero-order valence-electron chi connectivity index (χ0n) is 8.49. The zero-order chi connectivity index (χ0) is 9.97. The van der Waals surface area contributed by atoms with Crippen LogP contribution in [0.5, 0.6) is 5.75 Å². The molecule has 0 amide bonds. The number of hydrogen-bond acceptors (Lipinski definition) is 2. The van der Waals surface area contributed by atoms with Crippen molar-refractivity contribution in [1.29, 1.82) is 0 Å². The highest BCUT2D eigenvalue weighted by Crippen LogP contribution is 2.37. The first kappa shape index (κ1) is 9.66. The molecule has 2 rings (SSSR count). The van der Waals surface area contributed by atoms with Crippen molar-refractivity contribution in [3.8, 4) is 5.75 Å². The molecule has 1 nitrogen and oxygen atoms in total. The fourth-order valence-electron chi connectivity index (χ4n) is 1.50. The first-order chi connectivity index (χ1) is 6.79. The van der Waals surface area contributed by atoms with Crippen LogP contribution in [0.2, 0.25) is 0 Å². The highest BCUT2D eigenvalue weighted by molar-refractivity contribution is 8.00. The minimum Gasteiger partial charge on any atom is -0.491 e. The van der Waals surface area contributed by atoms with E-state index in [1.54, 1.807) is 0 Å². The van der Waals surface area contributed by atoms with Gasteiger partial charge in [0.15, 0.2) is 0 Å². The molecule has 0 spiro atoms. The molecule has 1 heterocycles. The molecule has 74 valence electrons. The van der Waals surface area contributed by atoms with Gasteiger partial charge in [0, 0.05) is 0 Å². The Labute approximate surface area is 89.2 Å². The molecule has 0 bridgehead atoms. The van der Waals surface area contributed by atoms with Crippen LogP contribution in [0, 0.1) is 6.92 Å². The molecule has 1 aromatic rings. The Morgan fingerprint density at radius 3 is 3.14 bits per heavy atom. The van der Waals surface area contributed by atoms with Crippen molar-refractivity contribution in [2.75, 3.05) is 6.61 Å². The van der Waals surface area contributed by atoms with E-state index in [4.69, 9.17) is 4.74 Å². The van der Waals surface area contributed by atoms with Gasteiger partial charge in [0.25, 0.3) is 0 Å². The lowest BCUT2D eigenvalue weighted by molar-refractivity contribution is 0.314. The quantitative estimate of drug-likeness (QED) is 0.651. The van der Waals surface area contributed by atoms with Crippen molar-refractivity contribution in [2.45, 2.75) is 24.0 Å². The van der Waals surface area contributed by atoms with Gasteiger partial charge in [-0.1, -0.05) is 18.2 Å². The molecule has 14 heavy (non-hydrogen) atoms. The summed E-state index contributed by atoms with van der Waals surface area (Å²) >= 11 is 1.88. The van der Waals surface area contributed by atoms with Gasteiger partial charge >= 0.3 is 0 Å². The summed E-state index contributed by atoms with van der Waals surface area (Å²) < 4.78 is 5.70. The van der Waals surface area contributed by atoms with E-state index in [2.05, 4.69) is 37.3 Å². The van der Waals surface area contributed by atoms with Crippen LogP contribution in [-0.4, -0.2) is 11.9 Å². The Hall–Kier alpha value is -0.890. The standard InChI is InChI=1S/C12H14OS/c1-3-4-10-8-13-11-7-9(2)5-6-12(11)14-10/h3-7,10H,8H2,1-2H3/b4-3+. The molecule has 0 aromatic heterocycles. The summed E-state index contributed by atoms with van der Waals surface area (Å²) in [6.45, 7) is 4.92. The molecule has 2 heteroatoms. The summed E-state index contributed by atoms with van der Waals surface area (Å²) in [7, 11) is 0. The molecule has 0 N–H and O–H groups in total. The maximum absolute atomic E-state index is 5.70. The summed E-state index contributed by atoms with van der Waals surface area (Å²) in [4.78, 5) is 1.25. The summed E-state index contributed by atoms with van der Waals surface area (Å²) in [5, 5.41) is 0.468. The van der Waals surface area contributed by atoms with E-state index in [0.717, 1.165) is 12.4 Å². The van der Waals surface area contributed by atoms with Gasteiger partial charge in [-0.25, -0.2) is 0 Å². The van der Waals surface area contributed by atoms with E-state index in [0.29, 0.717) is 5.25 Å². The van der Waals surface area contributed by atoms with E-state index in [9.17, 15) is 0 Å². The predicted octanol–water partition coefficient (Wildman–Crippen LogP) is 3.42. The average Bonchev–Trinajstić information content (AvgIpc) is 2.19. The maximum Gasteiger partial charge on any atom is 0.133 e. The van der Waals surface area contributed by atoms with Crippen LogP contribution in [0.25, 0.3) is 0 Å². The highest BCUT2D eigenvalue weighted by Gasteiger charge is 2.17. The van der Waals surface area contributed by atoms with Crippen molar-refractivity contribution in [1.82, 2.24) is 0 Å². The third kappa shape index (κ3) is 1.95. The summed E-state index contributed by atoms with van der Waals surface area (Å²) in [5.41, 5.74) is 1.26. The average molecular weight is 206 g/mol. The van der Waals surface area contributed by atoms with Crippen LogP contribution in [0.1, 0.15) is 12.5 Å². The van der Waals surface area contributed by atoms with Crippen molar-refractivity contribution < 1.29 is 4.74 Å². The predicted molar refractivity (Wildman–Crippen MR) is 61.1 cm³/mol. The number of ether oxygens (including phenoxy) is 1. The lowest BCUT2D eigenvalue weighted by Crippen LogP contribution is -2.16. The van der Waals surface area contributed by atoms with E-state index in [1.165, 1.54) is 10.5 Å². The largest absolute Gasteiger partial charge is 0.491 e. The number of allylic oxidation sites excluding steroid dienone is 1. The van der Waals surface area contributed by atoms with Crippen LogP contribution in [0.3, 0.4) is 0 Å². The molecule has 1 aliphatic heterocycles. The second-order valence-electron chi connectivity index (χ2n) is 3.44. The Bertz CT molecular complexity index is 357. The summed E-state index contributed by atoms with van der Waals surface area (Å²) in [5.74, 6) is 1.04. The third-order valence-corrected chi connectivity index (χ3v) is 3.37. The number of benzene rings is 1. The van der Waals surface area contributed by atoms with Gasteiger partial charge in [-0.2, -0.15) is 0 Å².